The molecule has 1 rings (SSSR count). The monoisotopic (exact) mass is 251 g/mol. The maximum Gasteiger partial charge on any atom is 0.314 e. The zero-order valence-corrected chi connectivity index (χ0v) is 10.5. The topological polar surface area (TPSA) is 84.7 Å². The first kappa shape index (κ1) is 13.8. The summed E-state index contributed by atoms with van der Waals surface area (Å²) in [6.07, 6.45) is 0. The summed E-state index contributed by atoms with van der Waals surface area (Å²) in [5.74, 6) is 0.434. The molecule has 0 aliphatic rings. The van der Waals surface area contributed by atoms with Gasteiger partial charge in [0.25, 0.3) is 0 Å². The molecular formula is C12H17N3O3. The minimum Gasteiger partial charge on any atom is -0.496 e. The molecule has 0 unspecified atom stereocenters. The molecule has 1 aromatic rings. The molecule has 0 fully saturated rings. The van der Waals surface area contributed by atoms with Crippen LogP contribution >= 0.6 is 0 Å². The molecular weight excluding hydrogens is 234 g/mol. The summed E-state index contributed by atoms with van der Waals surface area (Å²) in [6, 6.07) is 6.75. The van der Waals surface area contributed by atoms with Crippen LogP contribution in [-0.2, 0) is 11.3 Å². The van der Waals surface area contributed by atoms with Gasteiger partial charge in [0.1, 0.15) is 12.3 Å². The Hall–Kier alpha value is -2.24. The summed E-state index contributed by atoms with van der Waals surface area (Å²) in [6.45, 7) is 0.278. The van der Waals surface area contributed by atoms with E-state index < -0.39 is 6.03 Å². The van der Waals surface area contributed by atoms with Crippen LogP contribution in [0.5, 0.6) is 5.75 Å². The Morgan fingerprint density at radius 2 is 2.06 bits per heavy atom. The molecule has 1 aromatic carbocycles. The zero-order valence-electron chi connectivity index (χ0n) is 10.5. The Balaban J connectivity index is 2.50. The molecule has 0 aliphatic carbocycles. The fourth-order valence-corrected chi connectivity index (χ4v) is 1.39. The van der Waals surface area contributed by atoms with Crippen molar-refractivity contribution >= 4 is 11.9 Å². The number of benzene rings is 1. The van der Waals surface area contributed by atoms with Crippen molar-refractivity contribution < 1.29 is 14.3 Å². The Labute approximate surface area is 106 Å². The van der Waals surface area contributed by atoms with Crippen LogP contribution in [0.4, 0.5) is 4.79 Å². The number of amides is 3. The number of hydrogen-bond donors (Lipinski definition) is 2. The first-order valence-electron chi connectivity index (χ1n) is 5.43. The van der Waals surface area contributed by atoms with Crippen LogP contribution in [0.25, 0.3) is 0 Å². The number of methoxy groups -OCH3 is 1. The summed E-state index contributed by atoms with van der Waals surface area (Å²) < 4.78 is 5.16. The molecule has 18 heavy (non-hydrogen) atoms. The number of primary amides is 1. The Morgan fingerprint density at radius 3 is 2.67 bits per heavy atom. The van der Waals surface area contributed by atoms with Crippen molar-refractivity contribution in [3.05, 3.63) is 29.8 Å². The summed E-state index contributed by atoms with van der Waals surface area (Å²) in [7, 11) is 3.03. The van der Waals surface area contributed by atoms with Gasteiger partial charge in [0.05, 0.1) is 7.11 Å². The standard InChI is InChI=1S/C12H17N3O3/c1-15(12(13)17)8-11(16)14-7-9-5-3-4-6-10(9)18-2/h3-6H,7-8H2,1-2H3,(H2,13,17)(H,14,16). The first-order chi connectivity index (χ1) is 8.54. The van der Waals surface area contributed by atoms with E-state index in [4.69, 9.17) is 10.5 Å². The molecule has 0 radical (unpaired) electrons. The molecule has 0 spiro atoms. The van der Waals surface area contributed by atoms with Crippen LogP contribution in [0.2, 0.25) is 0 Å². The number of rotatable bonds is 5. The van der Waals surface area contributed by atoms with Crippen molar-refractivity contribution in [2.75, 3.05) is 20.7 Å². The third-order valence-electron chi connectivity index (χ3n) is 2.43. The smallest absolute Gasteiger partial charge is 0.314 e. The third-order valence-corrected chi connectivity index (χ3v) is 2.43. The highest BCUT2D eigenvalue weighted by atomic mass is 16.5. The number of hydrogen-bond acceptors (Lipinski definition) is 3. The molecule has 6 nitrogen and oxygen atoms in total. The SMILES string of the molecule is COc1ccccc1CNC(=O)CN(C)C(N)=O. The lowest BCUT2D eigenvalue weighted by Gasteiger charge is -2.14. The van der Waals surface area contributed by atoms with Crippen molar-refractivity contribution in [1.82, 2.24) is 10.2 Å². The van der Waals surface area contributed by atoms with E-state index in [2.05, 4.69) is 5.32 Å². The van der Waals surface area contributed by atoms with E-state index in [0.29, 0.717) is 12.3 Å². The van der Waals surface area contributed by atoms with Crippen LogP contribution in [0.15, 0.2) is 24.3 Å². The Kier molecular flexibility index (Phi) is 4.98. The fourth-order valence-electron chi connectivity index (χ4n) is 1.39. The second-order valence-electron chi connectivity index (χ2n) is 3.78. The lowest BCUT2D eigenvalue weighted by atomic mass is 10.2. The molecule has 3 N–H and O–H groups in total. The van der Waals surface area contributed by atoms with Gasteiger partial charge in [-0.3, -0.25) is 4.79 Å². The molecule has 0 bridgehead atoms. The van der Waals surface area contributed by atoms with Gasteiger partial charge in [0, 0.05) is 19.2 Å². The lowest BCUT2D eigenvalue weighted by molar-refractivity contribution is -0.121. The van der Waals surface area contributed by atoms with Crippen molar-refractivity contribution in [2.24, 2.45) is 5.73 Å². The molecule has 0 heterocycles. The Bertz CT molecular complexity index is 434. The molecule has 0 atom stereocenters. The van der Waals surface area contributed by atoms with Crippen LogP contribution in [0, 0.1) is 0 Å². The number of nitrogens with zero attached hydrogens (tertiary/aromatic N) is 1. The van der Waals surface area contributed by atoms with Crippen LogP contribution < -0.4 is 15.8 Å². The van der Waals surface area contributed by atoms with E-state index in [1.165, 1.54) is 7.05 Å². The van der Waals surface area contributed by atoms with Gasteiger partial charge in [-0.2, -0.15) is 0 Å². The molecule has 3 amide bonds. The maximum atomic E-state index is 11.5. The summed E-state index contributed by atoms with van der Waals surface area (Å²) in [5.41, 5.74) is 5.89. The van der Waals surface area contributed by atoms with Gasteiger partial charge in [-0.25, -0.2) is 4.79 Å². The lowest BCUT2D eigenvalue weighted by Crippen LogP contribution is -2.40. The van der Waals surface area contributed by atoms with Gasteiger partial charge in [-0.1, -0.05) is 18.2 Å². The molecule has 98 valence electrons. The van der Waals surface area contributed by atoms with E-state index in [0.717, 1.165) is 10.5 Å². The van der Waals surface area contributed by atoms with E-state index in [-0.39, 0.29) is 12.5 Å². The van der Waals surface area contributed by atoms with Crippen molar-refractivity contribution in [2.45, 2.75) is 6.54 Å². The largest absolute Gasteiger partial charge is 0.496 e. The van der Waals surface area contributed by atoms with Crippen molar-refractivity contribution in [1.29, 1.82) is 0 Å². The predicted molar refractivity (Wildman–Crippen MR) is 67.1 cm³/mol. The highest BCUT2D eigenvalue weighted by molar-refractivity contribution is 5.83. The normalized spacial score (nSPS) is 9.67. The van der Waals surface area contributed by atoms with Gasteiger partial charge in [-0.15, -0.1) is 0 Å². The van der Waals surface area contributed by atoms with Crippen molar-refractivity contribution in [3.63, 3.8) is 0 Å². The number of carbonyl (C=O) groups excluding carboxylic acids is 2. The molecule has 6 heteroatoms. The second-order valence-corrected chi connectivity index (χ2v) is 3.78. The molecule has 0 saturated carbocycles. The van der Waals surface area contributed by atoms with Crippen molar-refractivity contribution in [3.8, 4) is 5.75 Å². The van der Waals surface area contributed by atoms with Crippen LogP contribution in [-0.4, -0.2) is 37.5 Å². The number of likely N-dealkylation sites (N-methyl/N-ethyl adjacent to an activating group) is 1. The second kappa shape index (κ2) is 6.48. The van der Waals surface area contributed by atoms with E-state index >= 15 is 0 Å². The summed E-state index contributed by atoms with van der Waals surface area (Å²) >= 11 is 0. The summed E-state index contributed by atoms with van der Waals surface area (Å²) in [5, 5.41) is 2.69. The van der Waals surface area contributed by atoms with E-state index in [1.807, 2.05) is 24.3 Å². The van der Waals surface area contributed by atoms with Gasteiger partial charge in [0.2, 0.25) is 5.91 Å². The molecule has 0 aromatic heterocycles. The highest BCUT2D eigenvalue weighted by Crippen LogP contribution is 2.16. The number of nitrogens with one attached hydrogen (secondary N) is 1. The number of para-hydroxylation sites is 1. The van der Waals surface area contributed by atoms with Crippen LogP contribution in [0.3, 0.4) is 0 Å². The highest BCUT2D eigenvalue weighted by Gasteiger charge is 2.10. The third kappa shape index (κ3) is 3.97. The number of ether oxygens (including phenoxy) is 1. The minimum atomic E-state index is -0.637. The van der Waals surface area contributed by atoms with Gasteiger partial charge in [-0.05, 0) is 6.07 Å². The summed E-state index contributed by atoms with van der Waals surface area (Å²) in [4.78, 5) is 23.4. The first-order valence-corrected chi connectivity index (χ1v) is 5.43. The van der Waals surface area contributed by atoms with E-state index in [1.54, 1.807) is 7.11 Å². The number of carbonyl (C=O) groups is 2. The molecule has 0 saturated heterocycles. The van der Waals surface area contributed by atoms with Gasteiger partial charge >= 0.3 is 6.03 Å². The minimum absolute atomic E-state index is 0.0650. The van der Waals surface area contributed by atoms with E-state index in [9.17, 15) is 9.59 Å². The Morgan fingerprint density at radius 1 is 1.39 bits per heavy atom. The quantitative estimate of drug-likeness (QED) is 0.790. The average molecular weight is 251 g/mol. The molecule has 0 aliphatic heterocycles. The fraction of sp³-hybridized carbons (Fsp3) is 0.333. The number of nitrogens with two attached hydrogens (primary N) is 1. The predicted octanol–water partition coefficient (Wildman–Crippen LogP) is 0.322. The zero-order chi connectivity index (χ0) is 13.5. The van der Waals surface area contributed by atoms with Crippen LogP contribution in [0.1, 0.15) is 5.56 Å². The number of urea groups is 1. The van der Waals surface area contributed by atoms with Gasteiger partial charge in [0.15, 0.2) is 0 Å². The maximum absolute atomic E-state index is 11.5. The average Bonchev–Trinajstić information content (AvgIpc) is 2.36. The van der Waals surface area contributed by atoms with Gasteiger partial charge < -0.3 is 20.7 Å².